The van der Waals surface area contributed by atoms with E-state index in [4.69, 9.17) is 9.47 Å². The van der Waals surface area contributed by atoms with E-state index in [9.17, 15) is 27.2 Å². The van der Waals surface area contributed by atoms with Gasteiger partial charge in [-0.1, -0.05) is 42.5 Å². The van der Waals surface area contributed by atoms with Crippen molar-refractivity contribution < 1.29 is 41.4 Å². The Morgan fingerprint density at radius 1 is 0.914 bits per heavy atom. The highest BCUT2D eigenvalue weighted by Gasteiger charge is 2.33. The third-order valence-corrected chi connectivity index (χ3v) is 4.65. The van der Waals surface area contributed by atoms with Gasteiger partial charge in [-0.15, -0.1) is 25.6 Å². The average molecular weight is 522 g/mol. The summed E-state index contributed by atoms with van der Waals surface area (Å²) in [7, 11) is 1.46. The molecule has 6 nitrogen and oxygen atoms in total. The summed E-state index contributed by atoms with van der Waals surface area (Å²) in [5.74, 6) is -2.13. The fourth-order valence-electron chi connectivity index (χ4n) is 3.05. The molecular weight excluding hydrogens is 494 g/mol. The number of nitrogens with one attached hydrogen (secondary N) is 1. The second kappa shape index (κ2) is 13.3. The van der Waals surface area contributed by atoms with E-state index in [1.807, 2.05) is 0 Å². The monoisotopic (exact) mass is 521 g/mol. The fraction of sp³-hybridized carbons (Fsp3) is 0.417. The number of alkyl halides is 4. The van der Waals surface area contributed by atoms with Crippen molar-refractivity contribution in [2.75, 3.05) is 7.05 Å². The molecule has 0 amide bonds. The minimum Gasteiger partial charge on any atom is -0.458 e. The van der Waals surface area contributed by atoms with Crippen LogP contribution in [0.2, 0.25) is 0 Å². The number of esters is 2. The van der Waals surface area contributed by atoms with Crippen molar-refractivity contribution in [1.82, 2.24) is 5.32 Å². The first-order valence-corrected chi connectivity index (χ1v) is 10.5. The van der Waals surface area contributed by atoms with E-state index < -0.39 is 41.9 Å². The number of benzene rings is 2. The lowest BCUT2D eigenvalue weighted by Gasteiger charge is -2.24. The van der Waals surface area contributed by atoms with Crippen LogP contribution in [0, 0.1) is 0 Å². The van der Waals surface area contributed by atoms with Crippen molar-refractivity contribution in [2.24, 2.45) is 0 Å². The van der Waals surface area contributed by atoms with Crippen LogP contribution in [0.5, 0.6) is 5.75 Å². The standard InChI is InChI=1S/C24H27F4NO5.ClH/c1-23(2,25)14-19(29-3)21(30)33-20(22(31)32-15-17-7-5-4-6-8-17)13-16-9-11-18(12-10-16)34-24(26,27)28;/h4-12,19-20,29H,13-15H2,1-3H3;1H. The molecule has 1 N–H and O–H groups in total. The Kier molecular flexibility index (Phi) is 11.5. The lowest BCUT2D eigenvalue weighted by atomic mass is 10.0. The number of rotatable bonds is 11. The predicted octanol–water partition coefficient (Wildman–Crippen LogP) is 4.93. The Bertz CT molecular complexity index is 934. The van der Waals surface area contributed by atoms with Crippen LogP contribution in [0.4, 0.5) is 17.6 Å². The van der Waals surface area contributed by atoms with Crippen LogP contribution in [-0.2, 0) is 32.1 Å². The molecule has 0 aromatic heterocycles. The summed E-state index contributed by atoms with van der Waals surface area (Å²) in [5.41, 5.74) is -0.567. The first kappa shape index (κ1) is 30.2. The molecular formula is C24H28ClF4NO5. The first-order valence-electron chi connectivity index (χ1n) is 10.5. The van der Waals surface area contributed by atoms with Gasteiger partial charge in [-0.25, -0.2) is 9.18 Å². The van der Waals surface area contributed by atoms with Crippen LogP contribution in [0.15, 0.2) is 54.6 Å². The van der Waals surface area contributed by atoms with Gasteiger partial charge in [0.05, 0.1) is 0 Å². The highest BCUT2D eigenvalue weighted by molar-refractivity contribution is 5.85. The Hall–Kier alpha value is -2.85. The minimum atomic E-state index is -4.84. The van der Waals surface area contributed by atoms with Crippen LogP contribution in [0.3, 0.4) is 0 Å². The smallest absolute Gasteiger partial charge is 0.458 e. The zero-order valence-electron chi connectivity index (χ0n) is 19.4. The van der Waals surface area contributed by atoms with E-state index >= 15 is 0 Å². The summed E-state index contributed by atoms with van der Waals surface area (Å²) in [6.07, 6.45) is -6.60. The molecule has 0 aliphatic carbocycles. The molecule has 2 unspecified atom stereocenters. The van der Waals surface area contributed by atoms with Crippen LogP contribution in [-0.4, -0.2) is 43.2 Å². The molecule has 2 rings (SSSR count). The summed E-state index contributed by atoms with van der Waals surface area (Å²) in [4.78, 5) is 25.4. The molecule has 0 fully saturated rings. The second-order valence-electron chi connectivity index (χ2n) is 8.18. The van der Waals surface area contributed by atoms with E-state index in [0.29, 0.717) is 11.1 Å². The van der Waals surface area contributed by atoms with E-state index in [2.05, 4.69) is 10.1 Å². The molecule has 0 heterocycles. The Morgan fingerprint density at radius 3 is 2.03 bits per heavy atom. The topological polar surface area (TPSA) is 73.9 Å². The average Bonchev–Trinajstić information content (AvgIpc) is 2.75. The molecule has 0 bridgehead atoms. The maximum absolute atomic E-state index is 14.1. The summed E-state index contributed by atoms with van der Waals surface area (Å²) >= 11 is 0. The molecule has 11 heteroatoms. The highest BCUT2D eigenvalue weighted by Crippen LogP contribution is 2.24. The van der Waals surface area contributed by atoms with Crippen LogP contribution >= 0.6 is 12.4 Å². The molecule has 2 aromatic rings. The van der Waals surface area contributed by atoms with Gasteiger partial charge >= 0.3 is 18.3 Å². The van der Waals surface area contributed by atoms with Gasteiger partial charge in [-0.2, -0.15) is 0 Å². The van der Waals surface area contributed by atoms with Crippen LogP contribution in [0.1, 0.15) is 31.4 Å². The number of hydrogen-bond donors (Lipinski definition) is 1. The van der Waals surface area contributed by atoms with Gasteiger partial charge in [0, 0.05) is 12.8 Å². The number of carbonyl (C=O) groups is 2. The normalized spacial score (nSPS) is 13.2. The number of likely N-dealkylation sites (N-methyl/N-ethyl adjacent to an activating group) is 1. The number of carbonyl (C=O) groups excluding carboxylic acids is 2. The first-order chi connectivity index (χ1) is 15.9. The SMILES string of the molecule is CNC(CC(C)(C)F)C(=O)OC(Cc1ccc(OC(F)(F)F)cc1)C(=O)OCc1ccccc1.Cl. The van der Waals surface area contributed by atoms with Gasteiger partial charge in [-0.3, -0.25) is 4.79 Å². The molecule has 2 aromatic carbocycles. The Balaban J connectivity index is 0.00000612. The Labute approximate surface area is 207 Å². The lowest BCUT2D eigenvalue weighted by Crippen LogP contribution is -2.43. The molecule has 0 radical (unpaired) electrons. The molecule has 2 atom stereocenters. The number of halogens is 5. The van der Waals surface area contributed by atoms with Gasteiger partial charge in [0.1, 0.15) is 24.1 Å². The fourth-order valence-corrected chi connectivity index (χ4v) is 3.05. The zero-order valence-corrected chi connectivity index (χ0v) is 20.3. The maximum atomic E-state index is 14.1. The highest BCUT2D eigenvalue weighted by atomic mass is 35.5. The van der Waals surface area contributed by atoms with Crippen molar-refractivity contribution in [2.45, 2.75) is 57.5 Å². The summed E-state index contributed by atoms with van der Waals surface area (Å²) in [6, 6.07) is 12.6. The van der Waals surface area contributed by atoms with Gasteiger partial charge in [0.2, 0.25) is 6.10 Å². The molecule has 0 spiro atoms. The van der Waals surface area contributed by atoms with Crippen molar-refractivity contribution in [3.63, 3.8) is 0 Å². The number of ether oxygens (including phenoxy) is 3. The summed E-state index contributed by atoms with van der Waals surface area (Å²) in [6.45, 7) is 2.54. The van der Waals surface area contributed by atoms with Crippen molar-refractivity contribution >= 4 is 24.3 Å². The van der Waals surface area contributed by atoms with Crippen LogP contribution < -0.4 is 10.1 Å². The molecule has 0 saturated carbocycles. The van der Waals surface area contributed by atoms with Gasteiger partial charge < -0.3 is 19.5 Å². The van der Waals surface area contributed by atoms with Crippen LogP contribution in [0.25, 0.3) is 0 Å². The molecule has 0 aliphatic rings. The molecule has 0 saturated heterocycles. The maximum Gasteiger partial charge on any atom is 0.573 e. The van der Waals surface area contributed by atoms with E-state index in [-0.39, 0.29) is 31.9 Å². The molecule has 0 aliphatic heterocycles. The van der Waals surface area contributed by atoms with Crippen molar-refractivity contribution in [3.05, 3.63) is 65.7 Å². The zero-order chi connectivity index (χ0) is 25.4. The van der Waals surface area contributed by atoms with Gasteiger partial charge in [0.25, 0.3) is 0 Å². The van der Waals surface area contributed by atoms with Gasteiger partial charge in [-0.05, 0) is 44.2 Å². The van der Waals surface area contributed by atoms with E-state index in [1.165, 1.54) is 33.0 Å². The van der Waals surface area contributed by atoms with Gasteiger partial charge in [0.15, 0.2) is 0 Å². The largest absolute Gasteiger partial charge is 0.573 e. The van der Waals surface area contributed by atoms with Crippen molar-refractivity contribution in [3.8, 4) is 5.75 Å². The quantitative estimate of drug-likeness (QED) is 0.334. The molecule has 35 heavy (non-hydrogen) atoms. The second-order valence-corrected chi connectivity index (χ2v) is 8.18. The third kappa shape index (κ3) is 11.4. The third-order valence-electron chi connectivity index (χ3n) is 4.65. The number of hydrogen-bond acceptors (Lipinski definition) is 6. The summed E-state index contributed by atoms with van der Waals surface area (Å²) < 4.78 is 65.7. The lowest BCUT2D eigenvalue weighted by molar-refractivity contribution is -0.274. The van der Waals surface area contributed by atoms with Crippen molar-refractivity contribution in [1.29, 1.82) is 0 Å². The molecule has 194 valence electrons. The van der Waals surface area contributed by atoms with E-state index in [1.54, 1.807) is 30.3 Å². The predicted molar refractivity (Wildman–Crippen MR) is 123 cm³/mol. The Morgan fingerprint density at radius 2 is 1.51 bits per heavy atom. The van der Waals surface area contributed by atoms with E-state index in [0.717, 1.165) is 12.1 Å². The minimum absolute atomic E-state index is 0. The summed E-state index contributed by atoms with van der Waals surface area (Å²) in [5, 5.41) is 2.66.